The number of pyridine rings is 1. The number of rotatable bonds is 6. The fourth-order valence-electron chi connectivity index (χ4n) is 5.51. The quantitative estimate of drug-likeness (QED) is 0.204. The Morgan fingerprint density at radius 2 is 1.60 bits per heavy atom. The molecule has 3 heterocycles. The molecule has 1 aliphatic rings. The second kappa shape index (κ2) is 11.6. The summed E-state index contributed by atoms with van der Waals surface area (Å²) in [6, 6.07) is 19.5. The van der Waals surface area contributed by atoms with Gasteiger partial charge < -0.3 is 25.1 Å². The lowest BCUT2D eigenvalue weighted by molar-refractivity contribution is 0.0488. The minimum atomic E-state index is -0.535. The SMILES string of the molecule is C=c1[nH]c2c(C(=O)NC3CCC(NC(=O)OC(C)(C)C)CC3)sc3nccc(c32)n1-c1ccc(Oc2ccccc2)cc1. The molecular formula is C33H35N5O4S. The maximum atomic E-state index is 13.5. The van der Waals surface area contributed by atoms with Crippen molar-refractivity contribution in [3.63, 3.8) is 0 Å². The summed E-state index contributed by atoms with van der Waals surface area (Å²) in [7, 11) is 0. The summed E-state index contributed by atoms with van der Waals surface area (Å²) >= 11 is 1.37. The van der Waals surface area contributed by atoms with Gasteiger partial charge in [0.15, 0.2) is 0 Å². The number of amides is 2. The van der Waals surface area contributed by atoms with Crippen molar-refractivity contribution in [3.8, 4) is 17.2 Å². The lowest BCUT2D eigenvalue weighted by Crippen LogP contribution is -2.45. The van der Waals surface area contributed by atoms with Gasteiger partial charge in [-0.25, -0.2) is 9.78 Å². The number of aromatic nitrogens is 3. The normalized spacial score (nSPS) is 17.1. The molecule has 1 fully saturated rings. The first-order chi connectivity index (χ1) is 20.6. The molecule has 9 nitrogen and oxygen atoms in total. The van der Waals surface area contributed by atoms with Gasteiger partial charge in [-0.15, -0.1) is 11.3 Å². The fraction of sp³-hybridized carbons (Fsp3) is 0.303. The van der Waals surface area contributed by atoms with Crippen molar-refractivity contribution >= 4 is 51.2 Å². The van der Waals surface area contributed by atoms with E-state index in [4.69, 9.17) is 9.47 Å². The van der Waals surface area contributed by atoms with Crippen molar-refractivity contribution in [3.05, 3.63) is 77.2 Å². The van der Waals surface area contributed by atoms with Gasteiger partial charge in [-0.05, 0) is 88.9 Å². The van der Waals surface area contributed by atoms with Crippen LogP contribution in [0.25, 0.3) is 33.5 Å². The minimum absolute atomic E-state index is 0.0222. The molecule has 0 unspecified atom stereocenters. The van der Waals surface area contributed by atoms with Crippen LogP contribution in [-0.2, 0) is 4.74 Å². The average molecular weight is 598 g/mol. The monoisotopic (exact) mass is 597 g/mol. The zero-order chi connectivity index (χ0) is 30.1. The van der Waals surface area contributed by atoms with Crippen molar-refractivity contribution in [1.82, 2.24) is 25.2 Å². The van der Waals surface area contributed by atoms with Crippen LogP contribution in [0.2, 0.25) is 0 Å². The number of nitrogens with zero attached hydrogens (tertiary/aromatic N) is 2. The van der Waals surface area contributed by atoms with E-state index in [1.165, 1.54) is 11.3 Å². The van der Waals surface area contributed by atoms with E-state index in [1.54, 1.807) is 6.20 Å². The Balaban J connectivity index is 1.19. The molecule has 43 heavy (non-hydrogen) atoms. The van der Waals surface area contributed by atoms with Gasteiger partial charge in [-0.1, -0.05) is 24.8 Å². The number of alkyl carbamates (subject to hydrolysis) is 1. The number of carbonyl (C=O) groups excluding carboxylic acids is 2. The Morgan fingerprint density at radius 1 is 0.953 bits per heavy atom. The molecule has 6 rings (SSSR count). The maximum Gasteiger partial charge on any atom is 0.407 e. The summed E-state index contributed by atoms with van der Waals surface area (Å²) in [5.74, 6) is 1.37. The summed E-state index contributed by atoms with van der Waals surface area (Å²) in [5.41, 5.74) is 2.64. The molecule has 1 aliphatic carbocycles. The number of para-hydroxylation sites is 1. The number of hydrogen-bond donors (Lipinski definition) is 3. The lowest BCUT2D eigenvalue weighted by Gasteiger charge is -2.30. The number of thiophene rings is 1. The largest absolute Gasteiger partial charge is 0.457 e. The number of nitrogens with one attached hydrogen (secondary N) is 3. The van der Waals surface area contributed by atoms with Crippen LogP contribution in [0.15, 0.2) is 66.9 Å². The van der Waals surface area contributed by atoms with E-state index in [2.05, 4.69) is 27.2 Å². The molecule has 0 bridgehead atoms. The molecule has 5 aromatic rings. The Kier molecular flexibility index (Phi) is 7.70. The van der Waals surface area contributed by atoms with Gasteiger partial charge in [0.05, 0.1) is 16.4 Å². The standard InChI is InChI=1S/C33H35N5O4S/c1-20-35-28-27-26(38(20)23-14-16-25(17-15-23)41-24-8-6-5-7-9-24)18-19-34-31(27)43-29(28)30(39)36-21-10-12-22(13-11-21)37-32(40)42-33(2,3)4/h5-9,14-19,21-22,35H,1,10-13H2,2-4H3,(H,36,39)(H,37,40). The van der Waals surface area contributed by atoms with Crippen molar-refractivity contribution < 1.29 is 19.1 Å². The fourth-order valence-corrected chi connectivity index (χ4v) is 6.53. The van der Waals surface area contributed by atoms with Crippen LogP contribution in [0.4, 0.5) is 4.79 Å². The van der Waals surface area contributed by atoms with Crippen LogP contribution < -0.4 is 20.9 Å². The second-order valence-corrected chi connectivity index (χ2v) is 12.8. The molecule has 0 atom stereocenters. The van der Waals surface area contributed by atoms with Crippen LogP contribution >= 0.6 is 11.3 Å². The molecule has 10 heteroatoms. The highest BCUT2D eigenvalue weighted by molar-refractivity contribution is 7.21. The third-order valence-corrected chi connectivity index (χ3v) is 8.51. The van der Waals surface area contributed by atoms with E-state index in [-0.39, 0.29) is 18.0 Å². The average Bonchev–Trinajstić information content (AvgIpc) is 3.34. The van der Waals surface area contributed by atoms with Gasteiger partial charge in [-0.2, -0.15) is 0 Å². The highest BCUT2D eigenvalue weighted by Crippen LogP contribution is 2.34. The summed E-state index contributed by atoms with van der Waals surface area (Å²) in [6.45, 7) is 9.83. The Hall–Kier alpha value is -4.57. The summed E-state index contributed by atoms with van der Waals surface area (Å²) in [4.78, 5) is 35.0. The molecule has 3 N–H and O–H groups in total. The Bertz CT molecular complexity index is 1830. The molecule has 0 aliphatic heterocycles. The summed E-state index contributed by atoms with van der Waals surface area (Å²) in [5, 5.41) is 7.06. The van der Waals surface area contributed by atoms with E-state index >= 15 is 0 Å². The van der Waals surface area contributed by atoms with E-state index in [0.29, 0.717) is 10.4 Å². The molecule has 1 saturated carbocycles. The number of ether oxygens (including phenoxy) is 2. The molecule has 0 radical (unpaired) electrons. The third-order valence-electron chi connectivity index (χ3n) is 7.41. The van der Waals surface area contributed by atoms with E-state index in [9.17, 15) is 9.59 Å². The highest BCUT2D eigenvalue weighted by Gasteiger charge is 2.27. The third kappa shape index (κ3) is 6.29. The smallest absolute Gasteiger partial charge is 0.407 e. The lowest BCUT2D eigenvalue weighted by atomic mass is 9.91. The number of H-pyrrole nitrogens is 1. The molecule has 2 amide bonds. The first kappa shape index (κ1) is 28.5. The first-order valence-electron chi connectivity index (χ1n) is 14.5. The Morgan fingerprint density at radius 3 is 2.28 bits per heavy atom. The van der Waals surface area contributed by atoms with Crippen LogP contribution in [0, 0.1) is 0 Å². The second-order valence-electron chi connectivity index (χ2n) is 11.8. The van der Waals surface area contributed by atoms with Crippen molar-refractivity contribution in [2.75, 3.05) is 0 Å². The van der Waals surface area contributed by atoms with Crippen LogP contribution in [-0.4, -0.2) is 44.2 Å². The van der Waals surface area contributed by atoms with Crippen molar-refractivity contribution in [2.24, 2.45) is 0 Å². The van der Waals surface area contributed by atoms with E-state index in [1.807, 2.05) is 86.0 Å². The van der Waals surface area contributed by atoms with Gasteiger partial charge in [0.1, 0.15) is 32.3 Å². The van der Waals surface area contributed by atoms with Crippen LogP contribution in [0.1, 0.15) is 56.1 Å². The zero-order valence-corrected chi connectivity index (χ0v) is 25.3. The van der Waals surface area contributed by atoms with Gasteiger partial charge >= 0.3 is 6.09 Å². The highest BCUT2D eigenvalue weighted by atomic mass is 32.1. The van der Waals surface area contributed by atoms with Crippen molar-refractivity contribution in [2.45, 2.75) is 64.1 Å². The molecule has 0 saturated heterocycles. The van der Waals surface area contributed by atoms with E-state index in [0.717, 1.165) is 64.1 Å². The van der Waals surface area contributed by atoms with Crippen LogP contribution in [0.5, 0.6) is 11.5 Å². The van der Waals surface area contributed by atoms with Crippen molar-refractivity contribution in [1.29, 1.82) is 0 Å². The molecule has 2 aromatic carbocycles. The number of carbonyl (C=O) groups is 2. The van der Waals surface area contributed by atoms with Gasteiger partial charge in [0.2, 0.25) is 0 Å². The molecule has 3 aromatic heterocycles. The topological polar surface area (TPSA) is 110 Å². The number of benzene rings is 2. The molecular weight excluding hydrogens is 562 g/mol. The van der Waals surface area contributed by atoms with Gasteiger partial charge in [0.25, 0.3) is 5.91 Å². The first-order valence-corrected chi connectivity index (χ1v) is 15.3. The Labute approximate surface area is 253 Å². The van der Waals surface area contributed by atoms with Gasteiger partial charge in [-0.3, -0.25) is 9.36 Å². The number of aromatic amines is 1. The zero-order valence-electron chi connectivity index (χ0n) is 24.5. The predicted molar refractivity (Wildman–Crippen MR) is 170 cm³/mol. The maximum absolute atomic E-state index is 13.5. The molecule has 0 spiro atoms. The number of hydrogen-bond acceptors (Lipinski definition) is 6. The minimum Gasteiger partial charge on any atom is -0.457 e. The van der Waals surface area contributed by atoms with Gasteiger partial charge in [0, 0.05) is 24.0 Å². The predicted octanol–water partition coefficient (Wildman–Crippen LogP) is 6.62. The summed E-state index contributed by atoms with van der Waals surface area (Å²) < 4.78 is 13.4. The summed E-state index contributed by atoms with van der Waals surface area (Å²) in [6.07, 6.45) is 4.45. The van der Waals surface area contributed by atoms with E-state index < -0.39 is 11.7 Å². The molecule has 222 valence electrons. The van der Waals surface area contributed by atoms with Crippen LogP contribution in [0.3, 0.4) is 0 Å².